The van der Waals surface area contributed by atoms with Crippen molar-refractivity contribution in [3.05, 3.63) is 113 Å². The van der Waals surface area contributed by atoms with E-state index in [9.17, 15) is 10.1 Å². The lowest BCUT2D eigenvalue weighted by atomic mass is 10.1. The van der Waals surface area contributed by atoms with Crippen LogP contribution in [-0.4, -0.2) is 5.91 Å². The number of hydrogen-bond donors (Lipinski definition) is 1. The average Bonchev–Trinajstić information content (AvgIpc) is 2.87. The summed E-state index contributed by atoms with van der Waals surface area (Å²) < 4.78 is 5.97. The first-order valence-electron chi connectivity index (χ1n) is 10.9. The summed E-state index contributed by atoms with van der Waals surface area (Å²) in [6, 6.07) is 31.3. The summed E-state index contributed by atoms with van der Waals surface area (Å²) in [5, 5.41) is 14.6. The Kier molecular flexibility index (Phi) is 6.82. The van der Waals surface area contributed by atoms with Gasteiger partial charge in [-0.1, -0.05) is 73.7 Å². The van der Waals surface area contributed by atoms with Crippen molar-refractivity contribution in [3.63, 3.8) is 0 Å². The van der Waals surface area contributed by atoms with E-state index in [4.69, 9.17) is 4.74 Å². The summed E-state index contributed by atoms with van der Waals surface area (Å²) in [5.74, 6) is 0.289. The molecule has 1 amide bonds. The highest BCUT2D eigenvalue weighted by Crippen LogP contribution is 2.21. The first kappa shape index (κ1) is 21.9. The number of benzene rings is 4. The standard InChI is InChI=1S/C29H24N2O2/c1-2-21-10-14-26(15-11-21)31-29(32)25(19-30)18-22-12-16-27(17-13-22)33-20-24-8-5-7-23-6-3-4-9-28(23)24/h3-18H,2,20H2,1H3,(H,31,32)/b25-18+. The minimum absolute atomic E-state index is 0.0407. The topological polar surface area (TPSA) is 62.1 Å². The molecule has 0 saturated heterocycles. The van der Waals surface area contributed by atoms with Crippen LogP contribution >= 0.6 is 0 Å². The minimum Gasteiger partial charge on any atom is -0.489 e. The maximum Gasteiger partial charge on any atom is 0.266 e. The molecule has 4 aromatic carbocycles. The number of fused-ring (bicyclic) bond motifs is 1. The van der Waals surface area contributed by atoms with E-state index < -0.39 is 5.91 Å². The van der Waals surface area contributed by atoms with Gasteiger partial charge in [-0.25, -0.2) is 0 Å². The minimum atomic E-state index is -0.432. The third-order valence-electron chi connectivity index (χ3n) is 5.45. The lowest BCUT2D eigenvalue weighted by Gasteiger charge is -2.09. The fraction of sp³-hybridized carbons (Fsp3) is 0.103. The number of amides is 1. The van der Waals surface area contributed by atoms with Gasteiger partial charge < -0.3 is 10.1 Å². The van der Waals surface area contributed by atoms with Crippen LogP contribution in [0.5, 0.6) is 5.75 Å². The number of hydrogen-bond acceptors (Lipinski definition) is 3. The van der Waals surface area contributed by atoms with Crippen molar-refractivity contribution in [2.24, 2.45) is 0 Å². The number of nitrogens with one attached hydrogen (secondary N) is 1. The summed E-state index contributed by atoms with van der Waals surface area (Å²) in [7, 11) is 0. The predicted molar refractivity (Wildman–Crippen MR) is 133 cm³/mol. The zero-order valence-corrected chi connectivity index (χ0v) is 18.4. The van der Waals surface area contributed by atoms with Gasteiger partial charge in [-0.2, -0.15) is 5.26 Å². The number of rotatable bonds is 7. The van der Waals surface area contributed by atoms with Crippen LogP contribution in [0, 0.1) is 11.3 Å². The molecule has 4 aromatic rings. The van der Waals surface area contributed by atoms with Crippen LogP contribution in [0.3, 0.4) is 0 Å². The third-order valence-corrected chi connectivity index (χ3v) is 5.45. The Morgan fingerprint density at radius 3 is 2.39 bits per heavy atom. The molecule has 4 rings (SSSR count). The van der Waals surface area contributed by atoms with Crippen molar-refractivity contribution in [1.29, 1.82) is 5.26 Å². The van der Waals surface area contributed by atoms with E-state index in [0.29, 0.717) is 12.3 Å². The van der Waals surface area contributed by atoms with Gasteiger partial charge in [-0.15, -0.1) is 0 Å². The molecule has 0 atom stereocenters. The molecule has 0 aliphatic rings. The number of nitriles is 1. The highest BCUT2D eigenvalue weighted by Gasteiger charge is 2.10. The number of carbonyl (C=O) groups excluding carboxylic acids is 1. The second-order valence-corrected chi connectivity index (χ2v) is 7.67. The molecule has 33 heavy (non-hydrogen) atoms. The third kappa shape index (κ3) is 5.47. The van der Waals surface area contributed by atoms with Gasteiger partial charge in [0.05, 0.1) is 0 Å². The van der Waals surface area contributed by atoms with Gasteiger partial charge in [-0.05, 0) is 64.2 Å². The van der Waals surface area contributed by atoms with Crippen LogP contribution in [0.25, 0.3) is 16.8 Å². The van der Waals surface area contributed by atoms with E-state index in [0.717, 1.165) is 23.3 Å². The van der Waals surface area contributed by atoms with Crippen LogP contribution in [-0.2, 0) is 17.8 Å². The molecule has 162 valence electrons. The second kappa shape index (κ2) is 10.3. The van der Waals surface area contributed by atoms with E-state index in [1.165, 1.54) is 16.3 Å². The molecule has 0 fully saturated rings. The lowest BCUT2D eigenvalue weighted by molar-refractivity contribution is -0.112. The summed E-state index contributed by atoms with van der Waals surface area (Å²) >= 11 is 0. The molecule has 0 spiro atoms. The number of ether oxygens (including phenoxy) is 1. The van der Waals surface area contributed by atoms with E-state index >= 15 is 0 Å². The monoisotopic (exact) mass is 432 g/mol. The first-order chi connectivity index (χ1) is 16.2. The van der Waals surface area contributed by atoms with Gasteiger partial charge >= 0.3 is 0 Å². The van der Waals surface area contributed by atoms with Gasteiger partial charge in [0, 0.05) is 5.69 Å². The Labute approximate surface area is 193 Å². The number of carbonyl (C=O) groups is 1. The van der Waals surface area contributed by atoms with Crippen molar-refractivity contribution in [3.8, 4) is 11.8 Å². The quantitative estimate of drug-likeness (QED) is 0.267. The van der Waals surface area contributed by atoms with Crippen LogP contribution in [0.4, 0.5) is 5.69 Å². The summed E-state index contributed by atoms with van der Waals surface area (Å²) in [5.41, 5.74) is 3.76. The van der Waals surface area contributed by atoms with E-state index in [2.05, 4.69) is 36.5 Å². The number of anilines is 1. The SMILES string of the molecule is CCc1ccc(NC(=O)/C(C#N)=C/c2ccc(OCc3cccc4ccccc34)cc2)cc1. The Bertz CT molecular complexity index is 1330. The molecule has 0 bridgehead atoms. The lowest BCUT2D eigenvalue weighted by Crippen LogP contribution is -2.13. The Hall–Kier alpha value is -4.36. The van der Waals surface area contributed by atoms with Gasteiger partial charge in [0.2, 0.25) is 0 Å². The maximum absolute atomic E-state index is 12.5. The van der Waals surface area contributed by atoms with Crippen molar-refractivity contribution in [1.82, 2.24) is 0 Å². The van der Waals surface area contributed by atoms with Crippen LogP contribution < -0.4 is 10.1 Å². The number of nitrogens with zero attached hydrogens (tertiary/aromatic N) is 1. The zero-order chi connectivity index (χ0) is 23.0. The van der Waals surface area contributed by atoms with Crippen LogP contribution in [0.15, 0.2) is 96.6 Å². The number of aryl methyl sites for hydroxylation is 1. The molecular weight excluding hydrogens is 408 g/mol. The van der Waals surface area contributed by atoms with Crippen molar-refractivity contribution in [2.45, 2.75) is 20.0 Å². The predicted octanol–water partition coefficient (Wildman–Crippen LogP) is 6.53. The first-order valence-corrected chi connectivity index (χ1v) is 10.9. The molecule has 0 unspecified atom stereocenters. The molecular formula is C29H24N2O2. The van der Waals surface area contributed by atoms with E-state index in [1.54, 1.807) is 6.08 Å². The average molecular weight is 433 g/mol. The van der Waals surface area contributed by atoms with Gasteiger partial charge in [0.15, 0.2) is 0 Å². The molecule has 0 saturated carbocycles. The Morgan fingerprint density at radius 2 is 1.67 bits per heavy atom. The van der Waals surface area contributed by atoms with Crippen LogP contribution in [0.2, 0.25) is 0 Å². The molecule has 0 aromatic heterocycles. The van der Waals surface area contributed by atoms with Crippen molar-refractivity contribution < 1.29 is 9.53 Å². The smallest absolute Gasteiger partial charge is 0.266 e. The molecule has 4 nitrogen and oxygen atoms in total. The molecule has 0 aliphatic heterocycles. The van der Waals surface area contributed by atoms with E-state index in [-0.39, 0.29) is 5.57 Å². The fourth-order valence-electron chi connectivity index (χ4n) is 3.58. The van der Waals surface area contributed by atoms with Crippen molar-refractivity contribution in [2.75, 3.05) is 5.32 Å². The second-order valence-electron chi connectivity index (χ2n) is 7.67. The largest absolute Gasteiger partial charge is 0.489 e. The molecule has 0 aliphatic carbocycles. The van der Waals surface area contributed by atoms with E-state index in [1.807, 2.05) is 72.8 Å². The highest BCUT2D eigenvalue weighted by atomic mass is 16.5. The van der Waals surface area contributed by atoms with Crippen LogP contribution in [0.1, 0.15) is 23.6 Å². The Morgan fingerprint density at radius 1 is 0.939 bits per heavy atom. The Balaban J connectivity index is 1.41. The van der Waals surface area contributed by atoms with Gasteiger partial charge in [-0.3, -0.25) is 4.79 Å². The normalized spacial score (nSPS) is 11.1. The zero-order valence-electron chi connectivity index (χ0n) is 18.4. The summed E-state index contributed by atoms with van der Waals surface area (Å²) in [6.45, 7) is 2.53. The molecule has 0 heterocycles. The summed E-state index contributed by atoms with van der Waals surface area (Å²) in [4.78, 5) is 12.5. The summed E-state index contributed by atoms with van der Waals surface area (Å²) in [6.07, 6.45) is 2.50. The fourth-order valence-corrected chi connectivity index (χ4v) is 3.58. The molecule has 0 radical (unpaired) electrons. The highest BCUT2D eigenvalue weighted by molar-refractivity contribution is 6.09. The van der Waals surface area contributed by atoms with Crippen molar-refractivity contribution >= 4 is 28.4 Å². The maximum atomic E-state index is 12.5. The molecule has 4 heteroatoms. The van der Waals surface area contributed by atoms with Gasteiger partial charge in [0.25, 0.3) is 5.91 Å². The van der Waals surface area contributed by atoms with Gasteiger partial charge in [0.1, 0.15) is 24.0 Å². The molecule has 1 N–H and O–H groups in total.